The maximum Gasteiger partial charge on any atom is 0.254 e. The minimum absolute atomic E-state index is 0.0146. The molecule has 1 aliphatic carbocycles. The smallest absolute Gasteiger partial charge is 0.254 e. The fourth-order valence-electron chi connectivity index (χ4n) is 3.55. The molecule has 2 fully saturated rings. The molecule has 1 amide bonds. The van der Waals surface area contributed by atoms with Crippen LogP contribution in [0.5, 0.6) is 0 Å². The summed E-state index contributed by atoms with van der Waals surface area (Å²) in [7, 11) is 0. The molecule has 5 heteroatoms. The van der Waals surface area contributed by atoms with Gasteiger partial charge >= 0.3 is 0 Å². The maximum absolute atomic E-state index is 12.0. The van der Waals surface area contributed by atoms with Gasteiger partial charge in [0.1, 0.15) is 0 Å². The number of nitrogens with zero attached hydrogens (tertiary/aromatic N) is 2. The summed E-state index contributed by atoms with van der Waals surface area (Å²) in [5.74, 6) is -0.0146. The van der Waals surface area contributed by atoms with Crippen molar-refractivity contribution in [3.63, 3.8) is 0 Å². The first kappa shape index (κ1) is 12.7. The van der Waals surface area contributed by atoms with Gasteiger partial charge in [0, 0.05) is 18.3 Å². The van der Waals surface area contributed by atoms with Crippen LogP contribution >= 0.6 is 0 Å². The quantitative estimate of drug-likeness (QED) is 0.865. The van der Waals surface area contributed by atoms with Gasteiger partial charge in [-0.1, -0.05) is 12.8 Å². The third kappa shape index (κ3) is 2.52. The number of hydrogen-bond donors (Lipinski definition) is 2. The van der Waals surface area contributed by atoms with E-state index in [-0.39, 0.29) is 11.4 Å². The molecule has 0 atom stereocenters. The zero-order chi connectivity index (χ0) is 13.1. The van der Waals surface area contributed by atoms with Gasteiger partial charge in [-0.05, 0) is 38.8 Å². The summed E-state index contributed by atoms with van der Waals surface area (Å²) in [6.45, 7) is 3.17. The number of rotatable bonds is 4. The number of hydrogen-bond acceptors (Lipinski definition) is 3. The first-order chi connectivity index (χ1) is 9.30. The summed E-state index contributed by atoms with van der Waals surface area (Å²) in [6.07, 6.45) is 10.8. The summed E-state index contributed by atoms with van der Waals surface area (Å²) in [4.78, 5) is 14.6. The standard InChI is InChI=1S/C14H22N4O/c19-13(12-9-16-17-10-12)15-11-14(5-1-2-6-14)18-7-3-4-8-18/h9-10H,1-8,11H2,(H,15,19)(H,16,17). The van der Waals surface area contributed by atoms with E-state index in [1.165, 1.54) is 51.6 Å². The first-order valence-electron chi connectivity index (χ1n) is 7.32. The molecular formula is C14H22N4O. The van der Waals surface area contributed by atoms with Crippen LogP contribution in [0.1, 0.15) is 48.9 Å². The van der Waals surface area contributed by atoms with Crippen molar-refractivity contribution in [2.75, 3.05) is 19.6 Å². The summed E-state index contributed by atoms with van der Waals surface area (Å²) in [6, 6.07) is 0. The third-order valence-corrected chi connectivity index (χ3v) is 4.65. The van der Waals surface area contributed by atoms with Gasteiger partial charge in [-0.25, -0.2) is 0 Å². The van der Waals surface area contributed by atoms with Crippen molar-refractivity contribution < 1.29 is 4.79 Å². The highest BCUT2D eigenvalue weighted by atomic mass is 16.1. The molecule has 1 aromatic heterocycles. The van der Waals surface area contributed by atoms with Crippen LogP contribution in [0.3, 0.4) is 0 Å². The molecule has 0 radical (unpaired) electrons. The third-order valence-electron chi connectivity index (χ3n) is 4.65. The Hall–Kier alpha value is -1.36. The molecule has 2 aliphatic rings. The van der Waals surface area contributed by atoms with Crippen LogP contribution in [0.4, 0.5) is 0 Å². The van der Waals surface area contributed by atoms with E-state index in [2.05, 4.69) is 20.4 Å². The predicted octanol–water partition coefficient (Wildman–Crippen LogP) is 1.55. The fraction of sp³-hybridized carbons (Fsp3) is 0.714. The summed E-state index contributed by atoms with van der Waals surface area (Å²) in [5, 5.41) is 9.61. The van der Waals surface area contributed by atoms with Gasteiger partial charge < -0.3 is 5.32 Å². The Morgan fingerprint density at radius 2 is 2.05 bits per heavy atom. The predicted molar refractivity (Wildman–Crippen MR) is 72.9 cm³/mol. The number of carbonyl (C=O) groups excluding carboxylic acids is 1. The Bertz CT molecular complexity index is 417. The van der Waals surface area contributed by atoms with E-state index in [9.17, 15) is 4.79 Å². The molecule has 1 aromatic rings. The number of amides is 1. The van der Waals surface area contributed by atoms with Crippen molar-refractivity contribution in [3.05, 3.63) is 18.0 Å². The summed E-state index contributed by atoms with van der Waals surface area (Å²) < 4.78 is 0. The molecule has 1 aliphatic heterocycles. The van der Waals surface area contributed by atoms with E-state index in [4.69, 9.17) is 0 Å². The molecule has 1 saturated heterocycles. The van der Waals surface area contributed by atoms with Crippen LogP contribution in [0, 0.1) is 0 Å². The molecule has 0 unspecified atom stereocenters. The normalized spacial score (nSPS) is 22.7. The Morgan fingerprint density at radius 3 is 2.68 bits per heavy atom. The number of nitrogens with one attached hydrogen (secondary N) is 2. The second-order valence-electron chi connectivity index (χ2n) is 5.80. The highest BCUT2D eigenvalue weighted by Crippen LogP contribution is 2.36. The Kier molecular flexibility index (Phi) is 3.55. The number of aromatic amines is 1. The SMILES string of the molecule is O=C(NCC1(N2CCCC2)CCCC1)c1cn[nH]c1. The number of aromatic nitrogens is 2. The molecular weight excluding hydrogens is 240 g/mol. The van der Waals surface area contributed by atoms with E-state index in [1.54, 1.807) is 12.4 Å². The minimum Gasteiger partial charge on any atom is -0.350 e. The minimum atomic E-state index is -0.0146. The molecule has 5 nitrogen and oxygen atoms in total. The van der Waals surface area contributed by atoms with Gasteiger partial charge in [0.2, 0.25) is 0 Å². The lowest BCUT2D eigenvalue weighted by atomic mass is 9.95. The van der Waals surface area contributed by atoms with Gasteiger partial charge in [0.05, 0.1) is 11.8 Å². The summed E-state index contributed by atoms with van der Waals surface area (Å²) >= 11 is 0. The van der Waals surface area contributed by atoms with Crippen LogP contribution in [0.2, 0.25) is 0 Å². The van der Waals surface area contributed by atoms with Crippen LogP contribution < -0.4 is 5.32 Å². The molecule has 19 heavy (non-hydrogen) atoms. The van der Waals surface area contributed by atoms with Crippen molar-refractivity contribution in [2.24, 2.45) is 0 Å². The molecule has 104 valence electrons. The summed E-state index contributed by atoms with van der Waals surface area (Å²) in [5.41, 5.74) is 0.838. The van der Waals surface area contributed by atoms with Crippen molar-refractivity contribution in [3.8, 4) is 0 Å². The first-order valence-corrected chi connectivity index (χ1v) is 7.32. The zero-order valence-corrected chi connectivity index (χ0v) is 11.3. The second kappa shape index (κ2) is 5.33. The van der Waals surface area contributed by atoms with E-state index in [0.717, 1.165) is 6.54 Å². The maximum atomic E-state index is 12.0. The molecule has 3 rings (SSSR count). The van der Waals surface area contributed by atoms with Crippen molar-refractivity contribution in [1.29, 1.82) is 0 Å². The molecule has 0 aromatic carbocycles. The molecule has 2 heterocycles. The Morgan fingerprint density at radius 1 is 1.32 bits per heavy atom. The molecule has 2 N–H and O–H groups in total. The Labute approximate surface area is 113 Å². The average Bonchev–Trinajstić information content (AvgIpc) is 3.16. The van der Waals surface area contributed by atoms with Gasteiger partial charge in [0.25, 0.3) is 5.91 Å². The van der Waals surface area contributed by atoms with Crippen molar-refractivity contribution >= 4 is 5.91 Å². The van der Waals surface area contributed by atoms with E-state index < -0.39 is 0 Å². The van der Waals surface area contributed by atoms with Crippen molar-refractivity contribution in [2.45, 2.75) is 44.1 Å². The topological polar surface area (TPSA) is 61.0 Å². The lowest BCUT2D eigenvalue weighted by molar-refractivity contribution is 0.0860. The van der Waals surface area contributed by atoms with Gasteiger partial charge in [-0.3, -0.25) is 14.8 Å². The van der Waals surface area contributed by atoms with E-state index in [0.29, 0.717) is 5.56 Å². The van der Waals surface area contributed by atoms with Crippen LogP contribution in [-0.2, 0) is 0 Å². The zero-order valence-electron chi connectivity index (χ0n) is 11.3. The van der Waals surface area contributed by atoms with Crippen molar-refractivity contribution in [1.82, 2.24) is 20.4 Å². The van der Waals surface area contributed by atoms with Gasteiger partial charge in [-0.2, -0.15) is 5.10 Å². The van der Waals surface area contributed by atoms with Crippen LogP contribution in [0.25, 0.3) is 0 Å². The highest BCUT2D eigenvalue weighted by Gasteiger charge is 2.40. The lowest BCUT2D eigenvalue weighted by Gasteiger charge is -2.39. The van der Waals surface area contributed by atoms with Gasteiger partial charge in [0.15, 0.2) is 0 Å². The lowest BCUT2D eigenvalue weighted by Crippen LogP contribution is -2.53. The number of carbonyl (C=O) groups is 1. The van der Waals surface area contributed by atoms with E-state index >= 15 is 0 Å². The average molecular weight is 262 g/mol. The van der Waals surface area contributed by atoms with E-state index in [1.807, 2.05) is 0 Å². The largest absolute Gasteiger partial charge is 0.350 e. The molecule has 0 spiro atoms. The van der Waals surface area contributed by atoms with Crippen LogP contribution in [0.15, 0.2) is 12.4 Å². The molecule has 0 bridgehead atoms. The second-order valence-corrected chi connectivity index (χ2v) is 5.80. The van der Waals surface area contributed by atoms with Gasteiger partial charge in [-0.15, -0.1) is 0 Å². The fourth-order valence-corrected chi connectivity index (χ4v) is 3.55. The number of likely N-dealkylation sites (tertiary alicyclic amines) is 1. The van der Waals surface area contributed by atoms with Crippen LogP contribution in [-0.4, -0.2) is 46.2 Å². The number of H-pyrrole nitrogens is 1. The molecule has 1 saturated carbocycles. The Balaban J connectivity index is 1.63. The monoisotopic (exact) mass is 262 g/mol. The highest BCUT2D eigenvalue weighted by molar-refractivity contribution is 5.93.